The van der Waals surface area contributed by atoms with E-state index in [1.807, 2.05) is 154 Å². The highest BCUT2D eigenvalue weighted by atomic mass is 16.5. The van der Waals surface area contributed by atoms with E-state index in [0.29, 0.717) is 0 Å². The Balaban J connectivity index is 0.000000268. The van der Waals surface area contributed by atoms with Gasteiger partial charge in [0.15, 0.2) is 12.4 Å². The van der Waals surface area contributed by atoms with Crippen LogP contribution in [0, 0.1) is 34.6 Å². The molecule has 4 N–H and O–H groups in total. The molecule has 0 bridgehead atoms. The normalized spacial score (nSPS) is 10.2. The van der Waals surface area contributed by atoms with E-state index in [4.69, 9.17) is 29.2 Å². The lowest BCUT2D eigenvalue weighted by Crippen LogP contribution is -2.25. The summed E-state index contributed by atoms with van der Waals surface area (Å²) in [5, 5.41) is 24.4. The molecule has 0 aliphatic carbocycles. The van der Waals surface area contributed by atoms with Crippen LogP contribution in [0.15, 0.2) is 207 Å². The third-order valence-corrected chi connectivity index (χ3v) is 12.9. The Hall–Kier alpha value is -9.44. The molecule has 1 aliphatic heterocycles. The van der Waals surface area contributed by atoms with Crippen molar-refractivity contribution in [2.75, 3.05) is 71.3 Å². The minimum absolute atomic E-state index is 0.0897. The van der Waals surface area contributed by atoms with Crippen molar-refractivity contribution >= 4 is 34.0 Å². The number of hydrogen-bond acceptors (Lipinski definition) is 12. The van der Waals surface area contributed by atoms with Gasteiger partial charge in [-0.2, -0.15) is 5.10 Å². The number of amides is 1. The van der Waals surface area contributed by atoms with Gasteiger partial charge >= 0.3 is 0 Å². The summed E-state index contributed by atoms with van der Waals surface area (Å²) in [7, 11) is 9.44. The van der Waals surface area contributed by atoms with E-state index >= 15 is 0 Å². The summed E-state index contributed by atoms with van der Waals surface area (Å²) in [6.45, 7) is 20.2. The van der Waals surface area contributed by atoms with Crippen molar-refractivity contribution in [3.8, 4) is 34.4 Å². The van der Waals surface area contributed by atoms with Gasteiger partial charge in [-0.25, -0.2) is 9.97 Å². The number of aromatic nitrogens is 5. The molecular weight excluding hydrogens is 1100 g/mol. The van der Waals surface area contributed by atoms with Gasteiger partial charge in [-0.15, -0.1) is 0 Å². The SMILES string of the molecule is CCCCOc1ccc(C)cc1.CCn1cnc(-c2ccc(C)cc2)n1.CCn1cnc2ccccc21.CO.CO.COc1ccc(C)cc1.COc1ccc(CNc2ccccc2)cc1.Cc1ccc(N(C)C)cc1.Cc1cccc2c1OCC(=O)N2. The predicted octanol–water partition coefficient (Wildman–Crippen LogP) is 15.4. The van der Waals surface area contributed by atoms with Gasteiger partial charge in [-0.05, 0) is 145 Å². The number of anilines is 3. The number of para-hydroxylation sites is 4. The molecule has 2 aromatic heterocycles. The molecule has 1 aliphatic rings. The minimum atomic E-state index is -0.0897. The van der Waals surface area contributed by atoms with Crippen molar-refractivity contribution in [1.82, 2.24) is 24.3 Å². The molecule has 0 spiro atoms. The third kappa shape index (κ3) is 27.3. The predicted molar refractivity (Wildman–Crippen MR) is 364 cm³/mol. The molecule has 468 valence electrons. The van der Waals surface area contributed by atoms with Crippen molar-refractivity contribution in [2.24, 2.45) is 0 Å². The number of rotatable bonds is 13. The van der Waals surface area contributed by atoms with E-state index in [-0.39, 0.29) is 12.5 Å². The molecule has 0 saturated heterocycles. The molecule has 3 heterocycles. The second-order valence-corrected chi connectivity index (χ2v) is 19.9. The summed E-state index contributed by atoms with van der Waals surface area (Å²) in [6, 6.07) is 65.0. The topological polar surface area (TPSA) is 170 Å². The van der Waals surface area contributed by atoms with Crippen LogP contribution in [0.5, 0.6) is 23.0 Å². The number of imidazole rings is 1. The molecule has 15 heteroatoms. The first-order valence-corrected chi connectivity index (χ1v) is 29.5. The maximum absolute atomic E-state index is 10.9. The van der Waals surface area contributed by atoms with Crippen molar-refractivity contribution in [3.63, 3.8) is 0 Å². The van der Waals surface area contributed by atoms with Crippen LogP contribution < -0.4 is 34.5 Å². The maximum Gasteiger partial charge on any atom is 0.262 e. The van der Waals surface area contributed by atoms with Gasteiger partial charge in [0.05, 0.1) is 43.9 Å². The summed E-state index contributed by atoms with van der Waals surface area (Å²) in [6.07, 6.45) is 5.96. The Morgan fingerprint density at radius 1 is 0.591 bits per heavy atom. The minimum Gasteiger partial charge on any atom is -0.497 e. The van der Waals surface area contributed by atoms with Gasteiger partial charge in [-0.1, -0.05) is 151 Å². The van der Waals surface area contributed by atoms with Crippen molar-refractivity contribution < 1.29 is 34.0 Å². The Morgan fingerprint density at radius 2 is 1.12 bits per heavy atom. The summed E-state index contributed by atoms with van der Waals surface area (Å²) < 4.78 is 24.8. The number of hydrogen-bond donors (Lipinski definition) is 4. The van der Waals surface area contributed by atoms with Gasteiger partial charge < -0.3 is 49.3 Å². The van der Waals surface area contributed by atoms with Crippen LogP contribution in [-0.4, -0.2) is 96.2 Å². The van der Waals surface area contributed by atoms with Crippen LogP contribution >= 0.6 is 0 Å². The molecule has 8 aromatic carbocycles. The zero-order valence-corrected chi connectivity index (χ0v) is 54.2. The molecule has 15 nitrogen and oxygen atoms in total. The van der Waals surface area contributed by atoms with Crippen LogP contribution in [0.25, 0.3) is 22.4 Å². The van der Waals surface area contributed by atoms with E-state index in [1.54, 1.807) is 20.5 Å². The van der Waals surface area contributed by atoms with Crippen molar-refractivity contribution in [3.05, 3.63) is 240 Å². The Labute approximate surface area is 523 Å². The summed E-state index contributed by atoms with van der Waals surface area (Å²) >= 11 is 0. The highest BCUT2D eigenvalue weighted by Gasteiger charge is 2.16. The fourth-order valence-corrected chi connectivity index (χ4v) is 7.80. The molecule has 0 unspecified atom stereocenters. The summed E-state index contributed by atoms with van der Waals surface area (Å²) in [4.78, 5) is 21.5. The van der Waals surface area contributed by atoms with Crippen LogP contribution in [0.1, 0.15) is 67.0 Å². The van der Waals surface area contributed by atoms with E-state index in [2.05, 4.69) is 156 Å². The van der Waals surface area contributed by atoms with E-state index in [9.17, 15) is 4.79 Å². The summed E-state index contributed by atoms with van der Waals surface area (Å²) in [5.74, 6) is 4.29. The van der Waals surface area contributed by atoms with E-state index in [0.717, 1.165) is 104 Å². The number of carbonyl (C=O) groups is 1. The van der Waals surface area contributed by atoms with Gasteiger partial charge in [0.2, 0.25) is 0 Å². The first-order valence-electron chi connectivity index (χ1n) is 29.5. The van der Waals surface area contributed by atoms with E-state index < -0.39 is 0 Å². The van der Waals surface area contributed by atoms with Crippen LogP contribution in [-0.2, 0) is 24.4 Å². The molecule has 0 radical (unpaired) electrons. The van der Waals surface area contributed by atoms with Gasteiger partial charge in [0.1, 0.15) is 29.3 Å². The van der Waals surface area contributed by atoms with Crippen LogP contribution in [0.4, 0.5) is 17.1 Å². The second-order valence-electron chi connectivity index (χ2n) is 19.9. The quantitative estimate of drug-likeness (QED) is 0.0807. The fourth-order valence-electron chi connectivity index (χ4n) is 7.80. The average molecular weight is 1200 g/mol. The zero-order valence-electron chi connectivity index (χ0n) is 54.2. The smallest absolute Gasteiger partial charge is 0.262 e. The van der Waals surface area contributed by atoms with Gasteiger partial charge in [0.25, 0.3) is 5.91 Å². The van der Waals surface area contributed by atoms with Gasteiger partial charge in [-0.3, -0.25) is 9.48 Å². The number of nitrogens with zero attached hydrogens (tertiary/aromatic N) is 6. The lowest BCUT2D eigenvalue weighted by Gasteiger charge is -2.19. The Kier molecular flexibility index (Phi) is 35.1. The van der Waals surface area contributed by atoms with E-state index in [1.165, 1.54) is 45.4 Å². The number of benzene rings is 8. The number of nitrogens with one attached hydrogen (secondary N) is 2. The highest BCUT2D eigenvalue weighted by molar-refractivity contribution is 5.95. The molecule has 88 heavy (non-hydrogen) atoms. The number of aliphatic hydroxyl groups is 2. The Bertz CT molecular complexity index is 3410. The molecular formula is C73H94N8O7. The molecule has 0 fully saturated rings. The molecule has 10 aromatic rings. The second kappa shape index (κ2) is 42.4. The fraction of sp³-hybridized carbons (Fsp3) is 0.288. The first-order chi connectivity index (χ1) is 42.7. The first kappa shape index (κ1) is 72.8. The lowest BCUT2D eigenvalue weighted by atomic mass is 10.1. The monoisotopic (exact) mass is 1190 g/mol. The van der Waals surface area contributed by atoms with Crippen molar-refractivity contribution in [2.45, 2.75) is 87.9 Å². The highest BCUT2D eigenvalue weighted by Crippen LogP contribution is 2.30. The molecule has 1 amide bonds. The Morgan fingerprint density at radius 3 is 1.66 bits per heavy atom. The molecule has 0 saturated carbocycles. The van der Waals surface area contributed by atoms with Gasteiger partial charge in [0, 0.05) is 64.9 Å². The third-order valence-electron chi connectivity index (χ3n) is 12.9. The number of aliphatic hydroxyl groups excluding tert-OH is 2. The number of aryl methyl sites for hydroxylation is 7. The largest absolute Gasteiger partial charge is 0.497 e. The number of fused-ring (bicyclic) bond motifs is 2. The zero-order chi connectivity index (χ0) is 64.5. The number of carbonyl (C=O) groups excluding carboxylic acids is 1. The van der Waals surface area contributed by atoms with Crippen LogP contribution in [0.2, 0.25) is 0 Å². The van der Waals surface area contributed by atoms with Crippen molar-refractivity contribution in [1.29, 1.82) is 0 Å². The molecule has 11 rings (SSSR count). The number of unbranched alkanes of at least 4 members (excludes halogenated alkanes) is 1. The van der Waals surface area contributed by atoms with Crippen LogP contribution in [0.3, 0.4) is 0 Å². The summed E-state index contributed by atoms with van der Waals surface area (Å²) in [5.41, 5.74) is 13.9. The number of methoxy groups -OCH3 is 2. The standard InChI is InChI=1S/C14H15NO.C11H13N3.C11H16O.C9H10N2.C9H9NO2.C9H13N.C8H10O.2CH4O/c1-16-14-9-7-12(8-10-14)11-15-13-5-3-2-4-6-13;1-3-14-8-12-11(13-14)10-6-4-9(2)5-7-10;1-3-4-9-12-11-7-5-10(2)6-8-11;1-2-11-7-10-8-5-3-4-6-9(8)11;1-6-3-2-4-7-9(6)12-5-8(11)10-7;1-8-4-6-9(7-5-8)10(2)3;1-7-3-5-8(9-2)6-4-7;2*1-2/h2-10,15H,11H2,1H3;4-8H,3H2,1-2H3;5-8H,3-4,9H2,1-2H3;3-7H,2H2,1H3;2-4H,5H2,1H3,(H,10,11);4-7H,1-3H3;3-6H,1-2H3;2*2H,1H3. The maximum atomic E-state index is 10.9. The average Bonchev–Trinajstić information content (AvgIpc) is 4.42. The number of ether oxygens (including phenoxy) is 4. The lowest BCUT2D eigenvalue weighted by molar-refractivity contribution is -0.118. The molecule has 0 atom stereocenters.